The summed E-state index contributed by atoms with van der Waals surface area (Å²) in [6.07, 6.45) is 50.9. The van der Waals surface area contributed by atoms with Crippen molar-refractivity contribution in [3.8, 4) is 0 Å². The zero-order valence-electron chi connectivity index (χ0n) is 24.2. The normalized spacial score (nSPS) is 28.8. The van der Waals surface area contributed by atoms with Crippen LogP contribution in [0.25, 0.3) is 0 Å². The van der Waals surface area contributed by atoms with Gasteiger partial charge in [0.1, 0.15) is 0 Å². The lowest BCUT2D eigenvalue weighted by molar-refractivity contribution is 0.566. The van der Waals surface area contributed by atoms with E-state index < -0.39 is 0 Å². The van der Waals surface area contributed by atoms with Crippen LogP contribution in [0, 0.1) is 0 Å². The summed E-state index contributed by atoms with van der Waals surface area (Å²) < 4.78 is 0. The van der Waals surface area contributed by atoms with Crippen LogP contribution in [0.15, 0.2) is 0 Å². The van der Waals surface area contributed by atoms with Crippen LogP contribution in [0.4, 0.5) is 0 Å². The molecule has 0 atom stereocenters. The van der Waals surface area contributed by atoms with E-state index in [4.69, 9.17) is 0 Å². The Morgan fingerprint density at radius 3 is 0.400 bits per heavy atom. The summed E-state index contributed by atoms with van der Waals surface area (Å²) in [5, 5.41) is 0. The molecule has 0 saturated carbocycles. The maximum Gasteiger partial charge on any atom is -0.0326 e. The van der Waals surface area contributed by atoms with Gasteiger partial charge >= 0.3 is 0 Å². The minimum absolute atomic E-state index is 0.352. The molecule has 0 nitrogen and oxygen atoms in total. The molecule has 3 heterocycles. The third kappa shape index (κ3) is 20.5. The van der Waals surface area contributed by atoms with Crippen LogP contribution in [0.1, 0.15) is 173 Å². The molecule has 0 aromatic heterocycles. The highest BCUT2D eigenvalue weighted by Crippen LogP contribution is 2.40. The van der Waals surface area contributed by atoms with E-state index in [1.165, 1.54) is 135 Å². The Morgan fingerprint density at radius 2 is 0.257 bits per heavy atom. The monoisotopic (exact) mass is 524 g/mol. The molecule has 2 heteroatoms. The first-order valence-corrected chi connectivity index (χ1v) is 20.7. The second-order valence-corrected chi connectivity index (χ2v) is 17.6. The average molecular weight is 525 g/mol. The van der Waals surface area contributed by atoms with Crippen LogP contribution in [0.5, 0.6) is 0 Å². The molecule has 0 N–H and O–H groups in total. The molecule has 0 amide bonds. The second kappa shape index (κ2) is 25.2. The molecule has 3 saturated heterocycles. The first-order valence-electron chi connectivity index (χ1n) is 16.9. The second-order valence-electron chi connectivity index (χ2n) is 12.2. The highest BCUT2D eigenvalue weighted by Gasteiger charge is 2.10. The van der Waals surface area contributed by atoms with Gasteiger partial charge in [-0.3, -0.25) is 0 Å². The van der Waals surface area contributed by atoms with Gasteiger partial charge in [0.2, 0.25) is 0 Å². The SMILES string of the molecule is C1CCCCCP2CCCCCCCCCCCP(CCCCC1)CCCCCCCCCCC2. The van der Waals surface area contributed by atoms with Crippen molar-refractivity contribution in [3.05, 3.63) is 0 Å². The van der Waals surface area contributed by atoms with Crippen LogP contribution < -0.4 is 0 Å². The van der Waals surface area contributed by atoms with Gasteiger partial charge in [0.15, 0.2) is 0 Å². The van der Waals surface area contributed by atoms with Crippen molar-refractivity contribution in [1.82, 2.24) is 0 Å². The Hall–Kier alpha value is 0.860. The molecule has 3 aliphatic heterocycles. The standard InChI is InChI=1S/C33H66P2/c1-4-10-16-22-28-34-30-24-18-12-6-2-7-13-19-25-31-35(29-23-17-11-5-1)33-27-21-15-9-3-8-14-20-26-32-34/h1-33H2. The molecule has 3 aliphatic rings. The Kier molecular flexibility index (Phi) is 23.1. The topological polar surface area (TPSA) is 0 Å². The van der Waals surface area contributed by atoms with Crippen LogP contribution >= 0.6 is 15.8 Å². The molecular formula is C33H66P2. The van der Waals surface area contributed by atoms with E-state index in [2.05, 4.69) is 0 Å². The van der Waals surface area contributed by atoms with Gasteiger partial charge in [-0.05, 0) is 75.5 Å². The predicted octanol–water partition coefficient (Wildman–Crippen LogP) is 12.5. The molecule has 208 valence electrons. The van der Waals surface area contributed by atoms with Gasteiger partial charge in [-0.25, -0.2) is 0 Å². The van der Waals surface area contributed by atoms with E-state index in [1.54, 1.807) is 75.5 Å². The summed E-state index contributed by atoms with van der Waals surface area (Å²) in [7, 11) is 0.704. The highest BCUT2D eigenvalue weighted by atomic mass is 31.1. The van der Waals surface area contributed by atoms with E-state index in [0.29, 0.717) is 15.8 Å². The molecule has 0 aromatic rings. The summed E-state index contributed by atoms with van der Waals surface area (Å²) >= 11 is 0. The third-order valence-electron chi connectivity index (χ3n) is 8.85. The third-order valence-corrected chi connectivity index (χ3v) is 14.5. The molecule has 2 bridgehead atoms. The number of hydrogen-bond donors (Lipinski definition) is 0. The van der Waals surface area contributed by atoms with Gasteiger partial charge in [0.05, 0.1) is 0 Å². The van der Waals surface area contributed by atoms with Gasteiger partial charge in [-0.15, -0.1) is 15.8 Å². The van der Waals surface area contributed by atoms with Crippen molar-refractivity contribution in [1.29, 1.82) is 0 Å². The lowest BCUT2D eigenvalue weighted by Crippen LogP contribution is -1.98. The van der Waals surface area contributed by atoms with E-state index >= 15 is 0 Å². The Balaban J connectivity index is 1.85. The molecule has 0 aliphatic carbocycles. The summed E-state index contributed by atoms with van der Waals surface area (Å²) in [4.78, 5) is 0. The molecule has 35 heavy (non-hydrogen) atoms. The largest absolute Gasteiger partial charge is 0.107 e. The average Bonchev–Trinajstić information content (AvgIpc) is 2.86. The molecule has 3 fully saturated rings. The van der Waals surface area contributed by atoms with E-state index in [0.717, 1.165) is 0 Å². The van der Waals surface area contributed by atoms with Crippen molar-refractivity contribution >= 4 is 15.8 Å². The van der Waals surface area contributed by atoms with E-state index in [9.17, 15) is 0 Å². The minimum atomic E-state index is 0.352. The van der Waals surface area contributed by atoms with Crippen LogP contribution in [0.3, 0.4) is 0 Å². The predicted molar refractivity (Wildman–Crippen MR) is 168 cm³/mol. The van der Waals surface area contributed by atoms with Gasteiger partial charge in [-0.2, -0.15) is 0 Å². The number of hydrogen-bond acceptors (Lipinski definition) is 0. The fourth-order valence-electron chi connectivity index (χ4n) is 6.40. The quantitative estimate of drug-likeness (QED) is 0.276. The molecule has 0 aromatic carbocycles. The van der Waals surface area contributed by atoms with Gasteiger partial charge in [0, 0.05) is 0 Å². The zero-order valence-corrected chi connectivity index (χ0v) is 26.0. The molecular weight excluding hydrogens is 458 g/mol. The van der Waals surface area contributed by atoms with E-state index in [1.807, 2.05) is 0 Å². The number of fused-ring (bicyclic) bond motifs is 30. The van der Waals surface area contributed by atoms with Crippen molar-refractivity contribution in [2.75, 3.05) is 37.0 Å². The van der Waals surface area contributed by atoms with Crippen molar-refractivity contribution in [2.45, 2.75) is 173 Å². The number of rotatable bonds is 0. The zero-order chi connectivity index (χ0) is 24.5. The van der Waals surface area contributed by atoms with Gasteiger partial charge in [0.25, 0.3) is 0 Å². The van der Waals surface area contributed by atoms with Gasteiger partial charge in [-0.1, -0.05) is 135 Å². The first kappa shape index (κ1) is 32.1. The minimum Gasteiger partial charge on any atom is -0.107 e. The molecule has 3 rings (SSSR count). The van der Waals surface area contributed by atoms with E-state index in [-0.39, 0.29) is 0 Å². The molecule has 0 radical (unpaired) electrons. The van der Waals surface area contributed by atoms with Crippen molar-refractivity contribution in [2.24, 2.45) is 0 Å². The lowest BCUT2D eigenvalue weighted by atomic mass is 10.1. The van der Waals surface area contributed by atoms with Crippen LogP contribution in [0.2, 0.25) is 0 Å². The van der Waals surface area contributed by atoms with Crippen LogP contribution in [-0.4, -0.2) is 37.0 Å². The van der Waals surface area contributed by atoms with Crippen molar-refractivity contribution in [3.63, 3.8) is 0 Å². The lowest BCUT2D eigenvalue weighted by Gasteiger charge is -2.19. The van der Waals surface area contributed by atoms with Crippen LogP contribution in [-0.2, 0) is 0 Å². The summed E-state index contributed by atoms with van der Waals surface area (Å²) in [6.45, 7) is 0. The summed E-state index contributed by atoms with van der Waals surface area (Å²) in [5.41, 5.74) is 0. The Morgan fingerprint density at radius 1 is 0.143 bits per heavy atom. The smallest absolute Gasteiger partial charge is 0.0326 e. The van der Waals surface area contributed by atoms with Crippen molar-refractivity contribution < 1.29 is 0 Å². The fourth-order valence-corrected chi connectivity index (χ4v) is 11.8. The maximum absolute atomic E-state index is 1.61. The Bertz CT molecular complexity index is 326. The fraction of sp³-hybridized carbons (Fsp3) is 1.00. The highest BCUT2D eigenvalue weighted by molar-refractivity contribution is 7.57. The molecule has 0 unspecified atom stereocenters. The first-order chi connectivity index (χ1) is 17.4. The molecule has 0 spiro atoms. The summed E-state index contributed by atoms with van der Waals surface area (Å²) in [6, 6.07) is 0. The maximum atomic E-state index is 1.61. The Labute approximate surface area is 225 Å². The van der Waals surface area contributed by atoms with Gasteiger partial charge < -0.3 is 0 Å². The summed E-state index contributed by atoms with van der Waals surface area (Å²) in [5.74, 6) is 0.